The van der Waals surface area contributed by atoms with E-state index in [0.29, 0.717) is 37.9 Å². The summed E-state index contributed by atoms with van der Waals surface area (Å²) < 4.78 is 17.4. The third kappa shape index (κ3) is 4.28. The molecule has 1 saturated carbocycles. The van der Waals surface area contributed by atoms with Gasteiger partial charge in [0.1, 0.15) is 11.9 Å². The van der Waals surface area contributed by atoms with E-state index in [2.05, 4.69) is 11.8 Å². The molecule has 1 aliphatic carbocycles. The van der Waals surface area contributed by atoms with Crippen molar-refractivity contribution in [2.75, 3.05) is 46.0 Å². The fourth-order valence-corrected chi connectivity index (χ4v) is 5.69. The Hall–Kier alpha value is -2.38. The summed E-state index contributed by atoms with van der Waals surface area (Å²) in [5.41, 5.74) is 1.49. The van der Waals surface area contributed by atoms with Crippen molar-refractivity contribution in [3.05, 3.63) is 41.2 Å². The van der Waals surface area contributed by atoms with E-state index in [1.54, 1.807) is 0 Å². The van der Waals surface area contributed by atoms with E-state index >= 15 is 0 Å². The second-order valence-electron chi connectivity index (χ2n) is 9.65. The molecule has 1 saturated heterocycles. The number of hydrogen-bond acceptors (Lipinski definition) is 6. The summed E-state index contributed by atoms with van der Waals surface area (Å²) in [7, 11) is 0. The second-order valence-corrected chi connectivity index (χ2v) is 9.65. The van der Waals surface area contributed by atoms with Gasteiger partial charge >= 0.3 is 0 Å². The Morgan fingerprint density at radius 2 is 1.82 bits per heavy atom. The number of amides is 1. The van der Waals surface area contributed by atoms with Crippen LogP contribution in [0.25, 0.3) is 0 Å². The number of nitrogens with zero attached hydrogens (tertiary/aromatic N) is 2. The molecule has 3 heterocycles. The minimum absolute atomic E-state index is 0.105. The van der Waals surface area contributed by atoms with Crippen LogP contribution in [-0.2, 0) is 19.1 Å². The van der Waals surface area contributed by atoms with Gasteiger partial charge in [-0.2, -0.15) is 0 Å². The largest absolute Gasteiger partial charge is 0.494 e. The summed E-state index contributed by atoms with van der Waals surface area (Å²) in [4.78, 5) is 31.5. The highest BCUT2D eigenvalue weighted by Crippen LogP contribution is 2.47. The third-order valence-corrected chi connectivity index (χ3v) is 7.47. The van der Waals surface area contributed by atoms with Gasteiger partial charge in [-0.1, -0.05) is 19.1 Å². The lowest BCUT2D eigenvalue weighted by Gasteiger charge is -2.37. The average Bonchev–Trinajstić information content (AvgIpc) is 3.11. The molecule has 0 radical (unpaired) electrons. The molecule has 1 aromatic carbocycles. The first-order valence-electron chi connectivity index (χ1n) is 12.4. The fourth-order valence-electron chi connectivity index (χ4n) is 5.69. The monoisotopic (exact) mass is 454 g/mol. The Bertz CT molecular complexity index is 921. The molecule has 4 atom stereocenters. The smallest absolute Gasteiger partial charge is 0.290 e. The molecule has 7 heteroatoms. The van der Waals surface area contributed by atoms with E-state index in [1.807, 2.05) is 36.1 Å². The Labute approximate surface area is 195 Å². The lowest BCUT2D eigenvalue weighted by molar-refractivity contribution is -0.136. The van der Waals surface area contributed by atoms with Gasteiger partial charge in [-0.25, -0.2) is 0 Å². The number of hydrogen-bond donors (Lipinski definition) is 0. The second kappa shape index (κ2) is 9.47. The number of ketones is 1. The fraction of sp³-hybridized carbons (Fsp3) is 0.615. The van der Waals surface area contributed by atoms with E-state index in [4.69, 9.17) is 14.2 Å². The molecule has 0 bridgehead atoms. The first-order chi connectivity index (χ1) is 16.1. The zero-order chi connectivity index (χ0) is 22.9. The number of rotatable bonds is 6. The quantitative estimate of drug-likeness (QED) is 0.658. The van der Waals surface area contributed by atoms with Crippen LogP contribution in [0.2, 0.25) is 0 Å². The predicted molar refractivity (Wildman–Crippen MR) is 123 cm³/mol. The molecule has 7 nitrogen and oxygen atoms in total. The Morgan fingerprint density at radius 1 is 1.06 bits per heavy atom. The first-order valence-corrected chi connectivity index (χ1v) is 12.4. The molecule has 2 fully saturated rings. The van der Waals surface area contributed by atoms with Crippen molar-refractivity contribution in [3.63, 3.8) is 0 Å². The molecular weight excluding hydrogens is 420 g/mol. The van der Waals surface area contributed by atoms with Gasteiger partial charge in [-0.05, 0) is 49.8 Å². The number of carbonyl (C=O) groups is 2. The van der Waals surface area contributed by atoms with Crippen molar-refractivity contribution >= 4 is 11.7 Å². The van der Waals surface area contributed by atoms with E-state index in [9.17, 15) is 9.59 Å². The van der Waals surface area contributed by atoms with Crippen LogP contribution in [0.5, 0.6) is 5.75 Å². The van der Waals surface area contributed by atoms with Crippen LogP contribution in [0, 0.1) is 11.8 Å². The maximum Gasteiger partial charge on any atom is 0.290 e. The molecule has 1 aromatic rings. The number of ether oxygens (including phenoxy) is 3. The number of morpholine rings is 1. The maximum absolute atomic E-state index is 13.8. The van der Waals surface area contributed by atoms with Crippen molar-refractivity contribution in [2.24, 2.45) is 11.8 Å². The van der Waals surface area contributed by atoms with Gasteiger partial charge in [-0.3, -0.25) is 14.5 Å². The van der Waals surface area contributed by atoms with Crippen molar-refractivity contribution in [1.29, 1.82) is 0 Å². The summed E-state index contributed by atoms with van der Waals surface area (Å²) in [6.45, 7) is 9.20. The van der Waals surface area contributed by atoms with Crippen LogP contribution < -0.4 is 4.74 Å². The molecule has 0 aromatic heterocycles. The topological polar surface area (TPSA) is 68.3 Å². The van der Waals surface area contributed by atoms with Gasteiger partial charge in [0.05, 0.1) is 37.4 Å². The molecular formula is C26H34N2O5. The SMILES string of the molecule is CCOc1ccc(C2C3=C(OC4CCC(C)CC4C3=O)C(=O)N2CCN2CCOCC2)cc1. The Kier molecular flexibility index (Phi) is 6.43. The molecule has 4 aliphatic rings. The molecule has 1 amide bonds. The number of benzene rings is 1. The lowest BCUT2D eigenvalue weighted by atomic mass is 9.74. The summed E-state index contributed by atoms with van der Waals surface area (Å²) in [5.74, 6) is 1.38. The molecule has 33 heavy (non-hydrogen) atoms. The average molecular weight is 455 g/mol. The minimum atomic E-state index is -0.408. The maximum atomic E-state index is 13.8. The number of fused-ring (bicyclic) bond motifs is 1. The van der Waals surface area contributed by atoms with Gasteiger partial charge < -0.3 is 19.1 Å². The van der Waals surface area contributed by atoms with Crippen LogP contribution in [0.15, 0.2) is 35.6 Å². The van der Waals surface area contributed by atoms with Gasteiger partial charge in [0.25, 0.3) is 5.91 Å². The number of carbonyl (C=O) groups excluding carboxylic acids is 2. The molecule has 3 aliphatic heterocycles. The lowest BCUT2D eigenvalue weighted by Crippen LogP contribution is -2.43. The van der Waals surface area contributed by atoms with Gasteiger partial charge in [0.2, 0.25) is 0 Å². The van der Waals surface area contributed by atoms with Crippen LogP contribution >= 0.6 is 0 Å². The zero-order valence-electron chi connectivity index (χ0n) is 19.6. The third-order valence-electron chi connectivity index (χ3n) is 7.47. The molecule has 4 unspecified atom stereocenters. The highest BCUT2D eigenvalue weighted by atomic mass is 16.5. The van der Waals surface area contributed by atoms with E-state index < -0.39 is 6.04 Å². The summed E-state index contributed by atoms with van der Waals surface area (Å²) in [5, 5.41) is 0. The molecule has 0 N–H and O–H groups in total. The van der Waals surface area contributed by atoms with E-state index in [-0.39, 0.29) is 29.5 Å². The van der Waals surface area contributed by atoms with Crippen molar-refractivity contribution < 1.29 is 23.8 Å². The van der Waals surface area contributed by atoms with Crippen molar-refractivity contribution in [3.8, 4) is 5.75 Å². The standard InChI is InChI=1S/C26H34N2O5/c1-3-32-19-7-5-18(6-8-19)23-22-24(29)20-16-17(2)4-9-21(20)33-25(22)26(30)28(23)11-10-27-12-14-31-15-13-27/h5-8,17,20-21,23H,3-4,9-16H2,1-2H3. The number of Topliss-reactive ketones (excluding diaryl/α,β-unsaturated/α-hetero) is 1. The Balaban J connectivity index is 1.46. The van der Waals surface area contributed by atoms with Crippen LogP contribution in [0.1, 0.15) is 44.7 Å². The summed E-state index contributed by atoms with van der Waals surface area (Å²) in [6, 6.07) is 7.38. The van der Waals surface area contributed by atoms with Crippen LogP contribution in [-0.4, -0.2) is 73.6 Å². The van der Waals surface area contributed by atoms with Crippen LogP contribution in [0.3, 0.4) is 0 Å². The zero-order valence-corrected chi connectivity index (χ0v) is 19.6. The van der Waals surface area contributed by atoms with Gasteiger partial charge in [0.15, 0.2) is 11.5 Å². The highest BCUT2D eigenvalue weighted by Gasteiger charge is 2.52. The minimum Gasteiger partial charge on any atom is -0.494 e. The van der Waals surface area contributed by atoms with Crippen molar-refractivity contribution in [2.45, 2.75) is 45.3 Å². The molecule has 5 rings (SSSR count). The van der Waals surface area contributed by atoms with Gasteiger partial charge in [0, 0.05) is 26.2 Å². The Morgan fingerprint density at radius 3 is 2.55 bits per heavy atom. The molecule has 0 spiro atoms. The normalized spacial score (nSPS) is 30.2. The highest BCUT2D eigenvalue weighted by molar-refractivity contribution is 6.11. The van der Waals surface area contributed by atoms with E-state index in [1.165, 1.54) is 0 Å². The van der Waals surface area contributed by atoms with Crippen LogP contribution in [0.4, 0.5) is 0 Å². The summed E-state index contributed by atoms with van der Waals surface area (Å²) in [6.07, 6.45) is 2.53. The predicted octanol–water partition coefficient (Wildman–Crippen LogP) is 2.96. The molecule has 178 valence electrons. The summed E-state index contributed by atoms with van der Waals surface area (Å²) >= 11 is 0. The van der Waals surface area contributed by atoms with Gasteiger partial charge in [-0.15, -0.1) is 0 Å². The first kappa shape index (κ1) is 22.4. The van der Waals surface area contributed by atoms with Crippen molar-refractivity contribution in [1.82, 2.24) is 9.80 Å². The van der Waals surface area contributed by atoms with E-state index in [0.717, 1.165) is 50.2 Å².